The van der Waals surface area contributed by atoms with Crippen molar-refractivity contribution in [1.29, 1.82) is 0 Å². The highest BCUT2D eigenvalue weighted by Gasteiger charge is 2.11. The van der Waals surface area contributed by atoms with Gasteiger partial charge in [-0.05, 0) is 13.8 Å². The van der Waals surface area contributed by atoms with E-state index < -0.39 is 0 Å². The average molecular weight is 185 g/mol. The lowest BCUT2D eigenvalue weighted by Crippen LogP contribution is -2.33. The van der Waals surface area contributed by atoms with Gasteiger partial charge in [0.05, 0.1) is 13.2 Å². The van der Waals surface area contributed by atoms with E-state index in [1.165, 1.54) is 6.39 Å². The Morgan fingerprint density at radius 3 is 2.85 bits per heavy atom. The molecular weight excluding hydrogens is 170 g/mol. The second-order valence-corrected chi connectivity index (χ2v) is 3.14. The van der Waals surface area contributed by atoms with Crippen LogP contribution in [-0.4, -0.2) is 39.3 Å². The van der Waals surface area contributed by atoms with E-state index in [0.29, 0.717) is 25.0 Å². The largest absolute Gasteiger partial charge is 0.395 e. The number of aliphatic hydroxyl groups excluding tert-OH is 1. The molecule has 1 aromatic rings. The van der Waals surface area contributed by atoms with Crippen LogP contribution in [0, 0.1) is 0 Å². The summed E-state index contributed by atoms with van der Waals surface area (Å²) < 4.78 is 4.62. The summed E-state index contributed by atoms with van der Waals surface area (Å²) in [7, 11) is 0. The van der Waals surface area contributed by atoms with E-state index >= 15 is 0 Å². The number of rotatable bonds is 5. The van der Waals surface area contributed by atoms with Crippen LogP contribution in [0.5, 0.6) is 0 Å². The minimum absolute atomic E-state index is 0.149. The maximum Gasteiger partial charge on any atom is 0.213 e. The molecule has 0 radical (unpaired) electrons. The first-order valence-corrected chi connectivity index (χ1v) is 4.34. The van der Waals surface area contributed by atoms with Crippen molar-refractivity contribution in [2.45, 2.75) is 26.4 Å². The summed E-state index contributed by atoms with van der Waals surface area (Å²) in [5, 5.41) is 12.5. The monoisotopic (exact) mass is 185 g/mol. The normalized spacial score (nSPS) is 11.5. The van der Waals surface area contributed by atoms with Crippen molar-refractivity contribution >= 4 is 0 Å². The fourth-order valence-corrected chi connectivity index (χ4v) is 1.09. The van der Waals surface area contributed by atoms with Crippen LogP contribution in [0.1, 0.15) is 19.7 Å². The molecule has 1 N–H and O–H groups in total. The first kappa shape index (κ1) is 10.1. The minimum Gasteiger partial charge on any atom is -0.395 e. The molecule has 0 aromatic carbocycles. The number of hydrogen-bond donors (Lipinski definition) is 1. The lowest BCUT2D eigenvalue weighted by molar-refractivity contribution is 0.155. The summed E-state index contributed by atoms with van der Waals surface area (Å²) in [5.41, 5.74) is 0. The Kier molecular flexibility index (Phi) is 3.85. The molecule has 0 fully saturated rings. The Bertz CT molecular complexity index is 223. The summed E-state index contributed by atoms with van der Waals surface area (Å²) in [6.45, 7) is 5.53. The van der Waals surface area contributed by atoms with Gasteiger partial charge in [-0.2, -0.15) is 4.98 Å². The quantitative estimate of drug-likeness (QED) is 0.713. The van der Waals surface area contributed by atoms with E-state index in [0.717, 1.165) is 0 Å². The van der Waals surface area contributed by atoms with E-state index in [-0.39, 0.29) is 6.61 Å². The number of aliphatic hydroxyl groups is 1. The van der Waals surface area contributed by atoms with Crippen molar-refractivity contribution in [2.75, 3.05) is 13.2 Å². The van der Waals surface area contributed by atoms with Crippen LogP contribution in [0.25, 0.3) is 0 Å². The Morgan fingerprint density at radius 1 is 1.62 bits per heavy atom. The van der Waals surface area contributed by atoms with Crippen LogP contribution in [0.3, 0.4) is 0 Å². The molecule has 1 heterocycles. The average Bonchev–Trinajstić information content (AvgIpc) is 2.56. The standard InChI is InChI=1S/C8H15N3O2/c1-7(2)11(3-4-12)5-8-9-6-13-10-8/h6-7,12H,3-5H2,1-2H3. The van der Waals surface area contributed by atoms with Crippen molar-refractivity contribution in [3.63, 3.8) is 0 Å². The molecule has 0 saturated heterocycles. The van der Waals surface area contributed by atoms with Gasteiger partial charge in [0.15, 0.2) is 5.82 Å². The van der Waals surface area contributed by atoms with E-state index in [4.69, 9.17) is 5.11 Å². The third kappa shape index (κ3) is 3.12. The Labute approximate surface area is 77.4 Å². The van der Waals surface area contributed by atoms with Crippen molar-refractivity contribution in [2.24, 2.45) is 0 Å². The Hall–Kier alpha value is -0.940. The lowest BCUT2D eigenvalue weighted by atomic mass is 10.3. The van der Waals surface area contributed by atoms with Crippen molar-refractivity contribution in [1.82, 2.24) is 15.0 Å². The highest BCUT2D eigenvalue weighted by molar-refractivity contribution is 4.79. The molecule has 1 aromatic heterocycles. The second kappa shape index (κ2) is 4.94. The minimum atomic E-state index is 0.149. The molecule has 0 amide bonds. The van der Waals surface area contributed by atoms with Gasteiger partial charge in [-0.25, -0.2) is 0 Å². The predicted octanol–water partition coefficient (Wildman–Crippen LogP) is 0.272. The van der Waals surface area contributed by atoms with Crippen LogP contribution in [0.2, 0.25) is 0 Å². The van der Waals surface area contributed by atoms with E-state index in [2.05, 4.69) is 33.4 Å². The molecule has 0 spiro atoms. The van der Waals surface area contributed by atoms with Crippen LogP contribution < -0.4 is 0 Å². The van der Waals surface area contributed by atoms with Crippen LogP contribution >= 0.6 is 0 Å². The van der Waals surface area contributed by atoms with Gasteiger partial charge in [0.2, 0.25) is 6.39 Å². The van der Waals surface area contributed by atoms with Crippen molar-refractivity contribution < 1.29 is 9.63 Å². The van der Waals surface area contributed by atoms with Gasteiger partial charge in [0.25, 0.3) is 0 Å². The topological polar surface area (TPSA) is 62.4 Å². The van der Waals surface area contributed by atoms with Gasteiger partial charge in [-0.15, -0.1) is 0 Å². The second-order valence-electron chi connectivity index (χ2n) is 3.14. The van der Waals surface area contributed by atoms with Gasteiger partial charge in [0.1, 0.15) is 0 Å². The van der Waals surface area contributed by atoms with Gasteiger partial charge in [0, 0.05) is 12.6 Å². The first-order chi connectivity index (χ1) is 6.24. The molecule has 1 rings (SSSR count). The summed E-state index contributed by atoms with van der Waals surface area (Å²) in [6.07, 6.45) is 1.31. The maximum atomic E-state index is 8.81. The molecule has 0 saturated carbocycles. The van der Waals surface area contributed by atoms with Gasteiger partial charge in [-0.1, -0.05) is 5.16 Å². The Morgan fingerprint density at radius 2 is 2.38 bits per heavy atom. The van der Waals surface area contributed by atoms with Gasteiger partial charge >= 0.3 is 0 Å². The number of nitrogens with zero attached hydrogens (tertiary/aromatic N) is 3. The van der Waals surface area contributed by atoms with Crippen molar-refractivity contribution in [3.05, 3.63) is 12.2 Å². The third-order valence-electron chi connectivity index (χ3n) is 1.87. The molecule has 0 aliphatic rings. The summed E-state index contributed by atoms with van der Waals surface area (Å²) >= 11 is 0. The van der Waals surface area contributed by atoms with Gasteiger partial charge < -0.3 is 9.63 Å². The zero-order valence-corrected chi connectivity index (χ0v) is 7.97. The number of hydrogen-bond acceptors (Lipinski definition) is 5. The Balaban J connectivity index is 2.47. The smallest absolute Gasteiger partial charge is 0.213 e. The third-order valence-corrected chi connectivity index (χ3v) is 1.87. The summed E-state index contributed by atoms with van der Waals surface area (Å²) in [6, 6.07) is 0.366. The van der Waals surface area contributed by atoms with E-state index in [1.807, 2.05) is 0 Å². The van der Waals surface area contributed by atoms with E-state index in [9.17, 15) is 0 Å². The molecular formula is C8H15N3O2. The molecule has 0 aliphatic carbocycles. The predicted molar refractivity (Wildman–Crippen MR) is 46.9 cm³/mol. The highest BCUT2D eigenvalue weighted by atomic mass is 16.5. The number of aromatic nitrogens is 2. The SMILES string of the molecule is CC(C)N(CCO)Cc1ncon1. The zero-order chi connectivity index (χ0) is 9.68. The fourth-order valence-electron chi connectivity index (χ4n) is 1.09. The molecule has 0 bridgehead atoms. The van der Waals surface area contributed by atoms with Crippen LogP contribution in [0.4, 0.5) is 0 Å². The maximum absolute atomic E-state index is 8.81. The van der Waals surface area contributed by atoms with Gasteiger partial charge in [-0.3, -0.25) is 4.90 Å². The summed E-state index contributed by atoms with van der Waals surface area (Å²) in [4.78, 5) is 5.99. The van der Waals surface area contributed by atoms with E-state index in [1.54, 1.807) is 0 Å². The molecule has 74 valence electrons. The molecule has 13 heavy (non-hydrogen) atoms. The van der Waals surface area contributed by atoms with Crippen molar-refractivity contribution in [3.8, 4) is 0 Å². The molecule has 5 heteroatoms. The fraction of sp³-hybridized carbons (Fsp3) is 0.750. The van der Waals surface area contributed by atoms with Crippen LogP contribution in [0.15, 0.2) is 10.9 Å². The van der Waals surface area contributed by atoms with Crippen LogP contribution in [-0.2, 0) is 6.54 Å². The molecule has 0 aliphatic heterocycles. The first-order valence-electron chi connectivity index (χ1n) is 4.34. The lowest BCUT2D eigenvalue weighted by Gasteiger charge is -2.23. The molecule has 5 nitrogen and oxygen atoms in total. The molecule has 0 atom stereocenters. The summed E-state index contributed by atoms with van der Waals surface area (Å²) in [5.74, 6) is 0.655. The zero-order valence-electron chi connectivity index (χ0n) is 7.97. The molecule has 0 unspecified atom stereocenters. The highest BCUT2D eigenvalue weighted by Crippen LogP contribution is 2.02.